The molecule has 2 N–H and O–H groups in total. The highest BCUT2D eigenvalue weighted by molar-refractivity contribution is 4.79. The third kappa shape index (κ3) is 3.53. The lowest BCUT2D eigenvalue weighted by Gasteiger charge is -2.40. The predicted octanol–water partition coefficient (Wildman–Crippen LogP) is -0.634. The van der Waals surface area contributed by atoms with E-state index < -0.39 is 0 Å². The van der Waals surface area contributed by atoms with Gasteiger partial charge < -0.3 is 10.2 Å². The monoisotopic (exact) mass is 202 g/mol. The van der Waals surface area contributed by atoms with Crippen LogP contribution in [0.5, 0.6) is 0 Å². The van der Waals surface area contributed by atoms with Gasteiger partial charge in [-0.25, -0.2) is 0 Å². The van der Waals surface area contributed by atoms with E-state index in [1.54, 1.807) is 0 Å². The standard InChI is InChI=1S/C10H22N2O2/c1-9-7-11(8-10(2)14)3-4-12(9)5-6-13/h9-10,13-14H,3-8H2,1-2H3. The average molecular weight is 202 g/mol. The smallest absolute Gasteiger partial charge is 0.0639 e. The molecular weight excluding hydrogens is 180 g/mol. The van der Waals surface area contributed by atoms with Gasteiger partial charge in [0.15, 0.2) is 0 Å². The van der Waals surface area contributed by atoms with Crippen LogP contribution < -0.4 is 0 Å². The molecule has 2 unspecified atom stereocenters. The zero-order valence-electron chi connectivity index (χ0n) is 9.19. The van der Waals surface area contributed by atoms with E-state index in [1.165, 1.54) is 0 Å². The minimum atomic E-state index is -0.244. The van der Waals surface area contributed by atoms with E-state index >= 15 is 0 Å². The molecule has 0 aromatic rings. The van der Waals surface area contributed by atoms with Crippen molar-refractivity contribution in [2.75, 3.05) is 39.3 Å². The van der Waals surface area contributed by atoms with Gasteiger partial charge in [0.25, 0.3) is 0 Å². The van der Waals surface area contributed by atoms with Crippen molar-refractivity contribution >= 4 is 0 Å². The van der Waals surface area contributed by atoms with Gasteiger partial charge in [-0.3, -0.25) is 9.80 Å². The molecule has 4 heteroatoms. The second-order valence-electron chi connectivity index (χ2n) is 4.22. The lowest BCUT2D eigenvalue weighted by Crippen LogP contribution is -2.53. The number of aliphatic hydroxyl groups excluding tert-OH is 2. The van der Waals surface area contributed by atoms with Crippen molar-refractivity contribution in [1.29, 1.82) is 0 Å². The van der Waals surface area contributed by atoms with Crippen molar-refractivity contribution in [3.05, 3.63) is 0 Å². The molecule has 1 saturated heterocycles. The fourth-order valence-corrected chi connectivity index (χ4v) is 2.07. The summed E-state index contributed by atoms with van der Waals surface area (Å²) >= 11 is 0. The van der Waals surface area contributed by atoms with Crippen LogP contribution in [0.4, 0.5) is 0 Å². The normalized spacial score (nSPS) is 27.9. The minimum absolute atomic E-state index is 0.237. The van der Waals surface area contributed by atoms with Crippen molar-refractivity contribution in [3.63, 3.8) is 0 Å². The Morgan fingerprint density at radius 3 is 2.64 bits per heavy atom. The molecule has 1 fully saturated rings. The molecule has 0 aliphatic carbocycles. The van der Waals surface area contributed by atoms with Gasteiger partial charge in [0.2, 0.25) is 0 Å². The summed E-state index contributed by atoms with van der Waals surface area (Å²) in [5.74, 6) is 0. The van der Waals surface area contributed by atoms with Crippen LogP contribution in [0.2, 0.25) is 0 Å². The Bertz CT molecular complexity index is 164. The van der Waals surface area contributed by atoms with Gasteiger partial charge in [0.1, 0.15) is 0 Å². The molecule has 1 heterocycles. The summed E-state index contributed by atoms with van der Waals surface area (Å²) in [7, 11) is 0. The maximum Gasteiger partial charge on any atom is 0.0639 e. The van der Waals surface area contributed by atoms with Crippen LogP contribution in [0.3, 0.4) is 0 Å². The van der Waals surface area contributed by atoms with Crippen molar-refractivity contribution in [3.8, 4) is 0 Å². The Labute approximate surface area is 86.1 Å². The van der Waals surface area contributed by atoms with Gasteiger partial charge in [-0.2, -0.15) is 0 Å². The van der Waals surface area contributed by atoms with E-state index in [-0.39, 0.29) is 12.7 Å². The Hall–Kier alpha value is -0.160. The van der Waals surface area contributed by atoms with E-state index in [1.807, 2.05) is 6.92 Å². The average Bonchev–Trinajstić information content (AvgIpc) is 2.09. The number of hydrogen-bond donors (Lipinski definition) is 2. The second kappa shape index (κ2) is 5.66. The third-order valence-electron chi connectivity index (χ3n) is 2.76. The highest BCUT2D eigenvalue weighted by Crippen LogP contribution is 2.08. The maximum absolute atomic E-state index is 9.26. The highest BCUT2D eigenvalue weighted by atomic mass is 16.3. The summed E-state index contributed by atoms with van der Waals surface area (Å²) in [6, 6.07) is 0.481. The summed E-state index contributed by atoms with van der Waals surface area (Å²) < 4.78 is 0. The number of nitrogens with zero attached hydrogens (tertiary/aromatic N) is 2. The van der Waals surface area contributed by atoms with Crippen molar-refractivity contribution in [2.45, 2.75) is 26.0 Å². The molecule has 0 aromatic carbocycles. The summed E-state index contributed by atoms with van der Waals surface area (Å²) in [6.07, 6.45) is -0.244. The molecule has 0 saturated carbocycles. The zero-order valence-corrected chi connectivity index (χ0v) is 9.19. The summed E-state index contributed by atoms with van der Waals surface area (Å²) in [5, 5.41) is 18.1. The molecule has 1 rings (SSSR count). The van der Waals surface area contributed by atoms with Crippen molar-refractivity contribution < 1.29 is 10.2 Å². The van der Waals surface area contributed by atoms with Crippen LogP contribution in [0, 0.1) is 0 Å². The van der Waals surface area contributed by atoms with E-state index in [0.717, 1.165) is 32.7 Å². The van der Waals surface area contributed by atoms with Crippen LogP contribution in [0.1, 0.15) is 13.8 Å². The first-order chi connectivity index (χ1) is 6.63. The van der Waals surface area contributed by atoms with Crippen molar-refractivity contribution in [1.82, 2.24) is 9.80 Å². The van der Waals surface area contributed by atoms with E-state index in [9.17, 15) is 5.11 Å². The molecule has 0 bridgehead atoms. The quantitative estimate of drug-likeness (QED) is 0.637. The SMILES string of the molecule is CC(O)CN1CCN(CCO)C(C)C1. The third-order valence-corrected chi connectivity index (χ3v) is 2.76. The number of rotatable bonds is 4. The molecule has 4 nitrogen and oxygen atoms in total. The molecule has 0 aromatic heterocycles. The van der Waals surface area contributed by atoms with Crippen LogP contribution in [0.25, 0.3) is 0 Å². The molecule has 14 heavy (non-hydrogen) atoms. The van der Waals surface area contributed by atoms with Crippen LogP contribution in [-0.2, 0) is 0 Å². The largest absolute Gasteiger partial charge is 0.395 e. The molecule has 84 valence electrons. The van der Waals surface area contributed by atoms with Crippen LogP contribution >= 0.6 is 0 Å². The Balaban J connectivity index is 2.31. The van der Waals surface area contributed by atoms with Gasteiger partial charge in [-0.15, -0.1) is 0 Å². The molecular formula is C10H22N2O2. The molecule has 2 atom stereocenters. The summed E-state index contributed by atoms with van der Waals surface area (Å²) in [6.45, 7) is 8.74. The second-order valence-corrected chi connectivity index (χ2v) is 4.22. The predicted molar refractivity (Wildman–Crippen MR) is 56.2 cm³/mol. The van der Waals surface area contributed by atoms with Crippen molar-refractivity contribution in [2.24, 2.45) is 0 Å². The van der Waals surface area contributed by atoms with Gasteiger partial charge >= 0.3 is 0 Å². The number of β-amino-alcohol motifs (C(OH)–C–C–N with tert-alkyl or cyclic N) is 2. The first kappa shape index (κ1) is 11.9. The number of piperazine rings is 1. The molecule has 1 aliphatic rings. The van der Waals surface area contributed by atoms with Crippen LogP contribution in [0.15, 0.2) is 0 Å². The van der Waals surface area contributed by atoms with Gasteiger partial charge in [0.05, 0.1) is 12.7 Å². The fourth-order valence-electron chi connectivity index (χ4n) is 2.07. The summed E-state index contributed by atoms with van der Waals surface area (Å²) in [5.41, 5.74) is 0. The van der Waals surface area contributed by atoms with Gasteiger partial charge in [0, 0.05) is 38.8 Å². The highest BCUT2D eigenvalue weighted by Gasteiger charge is 2.23. The van der Waals surface area contributed by atoms with E-state index in [0.29, 0.717) is 6.04 Å². The topological polar surface area (TPSA) is 46.9 Å². The Morgan fingerprint density at radius 2 is 2.14 bits per heavy atom. The van der Waals surface area contributed by atoms with E-state index in [4.69, 9.17) is 5.11 Å². The van der Waals surface area contributed by atoms with Crippen LogP contribution in [-0.4, -0.2) is 71.5 Å². The first-order valence-corrected chi connectivity index (χ1v) is 5.38. The lowest BCUT2D eigenvalue weighted by atomic mass is 10.2. The van der Waals surface area contributed by atoms with Gasteiger partial charge in [-0.05, 0) is 13.8 Å². The lowest BCUT2D eigenvalue weighted by molar-refractivity contribution is 0.0426. The maximum atomic E-state index is 9.26. The number of aliphatic hydroxyl groups is 2. The molecule has 0 radical (unpaired) electrons. The number of hydrogen-bond acceptors (Lipinski definition) is 4. The zero-order chi connectivity index (χ0) is 10.6. The van der Waals surface area contributed by atoms with Gasteiger partial charge in [-0.1, -0.05) is 0 Å². The molecule has 1 aliphatic heterocycles. The van der Waals surface area contributed by atoms with E-state index in [2.05, 4.69) is 16.7 Å². The summed E-state index contributed by atoms with van der Waals surface area (Å²) in [4.78, 5) is 4.57. The molecule has 0 amide bonds. The minimum Gasteiger partial charge on any atom is -0.395 e. The molecule has 0 spiro atoms. The first-order valence-electron chi connectivity index (χ1n) is 5.38. The Morgan fingerprint density at radius 1 is 1.43 bits per heavy atom. The Kier molecular flexibility index (Phi) is 4.81. The fraction of sp³-hybridized carbons (Fsp3) is 1.00.